The molecular weight excluding hydrogens is 350 g/mol. The van der Waals surface area contributed by atoms with Gasteiger partial charge in [0.2, 0.25) is 0 Å². The highest BCUT2D eigenvalue weighted by Crippen LogP contribution is 2.30. The third kappa shape index (κ3) is 5.32. The molecule has 0 aliphatic heterocycles. The van der Waals surface area contributed by atoms with Crippen LogP contribution >= 0.6 is 11.3 Å². The fraction of sp³-hybridized carbons (Fsp3) is 0.208. The monoisotopic (exact) mass is 373 g/mol. The van der Waals surface area contributed by atoms with E-state index in [4.69, 9.17) is 10.00 Å². The first-order chi connectivity index (χ1) is 13.3. The van der Waals surface area contributed by atoms with Crippen LogP contribution in [0.25, 0.3) is 21.6 Å². The zero-order valence-electron chi connectivity index (χ0n) is 15.5. The van der Waals surface area contributed by atoms with Crippen molar-refractivity contribution in [2.45, 2.75) is 26.2 Å². The Labute approximate surface area is 165 Å². The van der Waals surface area contributed by atoms with Gasteiger partial charge in [-0.2, -0.15) is 5.26 Å². The van der Waals surface area contributed by atoms with E-state index in [-0.39, 0.29) is 0 Å². The first-order valence-corrected chi connectivity index (χ1v) is 10.1. The first-order valence-electron chi connectivity index (χ1n) is 9.29. The summed E-state index contributed by atoms with van der Waals surface area (Å²) in [5.74, 6) is 0.887. The Hall–Kier alpha value is -2.83. The van der Waals surface area contributed by atoms with Crippen LogP contribution in [0, 0.1) is 11.3 Å². The molecule has 0 unspecified atom stereocenters. The Balaban J connectivity index is 1.60. The fourth-order valence-corrected chi connectivity index (χ4v) is 3.58. The molecule has 0 bridgehead atoms. The van der Waals surface area contributed by atoms with Crippen LogP contribution < -0.4 is 4.74 Å². The molecule has 0 N–H and O–H groups in total. The number of nitrogens with zero attached hydrogens (tertiary/aromatic N) is 1. The normalized spacial score (nSPS) is 10.8. The minimum Gasteiger partial charge on any atom is -0.490 e. The topological polar surface area (TPSA) is 33.0 Å². The average molecular weight is 374 g/mol. The number of thiophene rings is 1. The van der Waals surface area contributed by atoms with Crippen molar-refractivity contribution in [2.24, 2.45) is 0 Å². The maximum Gasteiger partial charge on any atom is 0.119 e. The SMILES string of the molecule is CCCCC=CCOc1ccc(-c2ccc(-c3ccc(C#N)s3)cc2)cc1. The van der Waals surface area contributed by atoms with Crippen LogP contribution in [0.5, 0.6) is 5.75 Å². The predicted molar refractivity (Wildman–Crippen MR) is 114 cm³/mol. The molecule has 3 rings (SSSR count). The minimum atomic E-state index is 0.614. The summed E-state index contributed by atoms with van der Waals surface area (Å²) in [6.07, 6.45) is 7.85. The van der Waals surface area contributed by atoms with Crippen molar-refractivity contribution in [3.63, 3.8) is 0 Å². The third-order valence-corrected chi connectivity index (χ3v) is 5.35. The lowest BCUT2D eigenvalue weighted by molar-refractivity contribution is 0.362. The van der Waals surface area contributed by atoms with Gasteiger partial charge in [0.25, 0.3) is 0 Å². The summed E-state index contributed by atoms with van der Waals surface area (Å²) in [6.45, 7) is 2.81. The molecule has 2 aromatic carbocycles. The van der Waals surface area contributed by atoms with Gasteiger partial charge >= 0.3 is 0 Å². The molecule has 27 heavy (non-hydrogen) atoms. The van der Waals surface area contributed by atoms with E-state index in [1.807, 2.05) is 24.3 Å². The highest BCUT2D eigenvalue weighted by atomic mass is 32.1. The second kappa shape index (κ2) is 9.75. The van der Waals surface area contributed by atoms with Crippen LogP contribution in [-0.4, -0.2) is 6.61 Å². The smallest absolute Gasteiger partial charge is 0.119 e. The van der Waals surface area contributed by atoms with E-state index in [1.54, 1.807) is 0 Å². The molecular formula is C24H23NOS. The van der Waals surface area contributed by atoms with Gasteiger partial charge in [0.05, 0.1) is 0 Å². The van der Waals surface area contributed by atoms with E-state index in [2.05, 4.69) is 61.5 Å². The maximum atomic E-state index is 8.96. The van der Waals surface area contributed by atoms with Gasteiger partial charge in [-0.05, 0) is 47.4 Å². The average Bonchev–Trinajstić information content (AvgIpc) is 3.21. The van der Waals surface area contributed by atoms with Crippen LogP contribution in [0.1, 0.15) is 31.1 Å². The quantitative estimate of drug-likeness (QED) is 0.312. The Morgan fingerprint density at radius 1 is 0.889 bits per heavy atom. The number of benzene rings is 2. The standard InChI is InChI=1S/C24H23NOS/c1-2-3-4-5-6-17-26-22-13-11-20(12-14-22)19-7-9-21(10-8-19)24-16-15-23(18-25)27-24/h5-16H,2-4,17H2,1H3. The molecule has 1 heterocycles. The number of nitriles is 1. The fourth-order valence-electron chi connectivity index (χ4n) is 2.78. The van der Waals surface area contributed by atoms with Gasteiger partial charge in [-0.25, -0.2) is 0 Å². The Morgan fingerprint density at radius 2 is 1.56 bits per heavy atom. The highest BCUT2D eigenvalue weighted by Gasteiger charge is 2.04. The van der Waals surface area contributed by atoms with Crippen LogP contribution in [-0.2, 0) is 0 Å². The number of allylic oxidation sites excluding steroid dienone is 1. The Bertz CT molecular complexity index is 914. The number of unbranched alkanes of at least 4 members (excludes halogenated alkanes) is 2. The molecule has 0 atom stereocenters. The van der Waals surface area contributed by atoms with Crippen molar-refractivity contribution in [1.82, 2.24) is 0 Å². The summed E-state index contributed by atoms with van der Waals surface area (Å²) in [5, 5.41) is 8.96. The van der Waals surface area contributed by atoms with E-state index in [9.17, 15) is 0 Å². The number of hydrogen-bond acceptors (Lipinski definition) is 3. The van der Waals surface area contributed by atoms with E-state index >= 15 is 0 Å². The largest absolute Gasteiger partial charge is 0.490 e. The van der Waals surface area contributed by atoms with Crippen molar-refractivity contribution in [1.29, 1.82) is 5.26 Å². The summed E-state index contributed by atoms with van der Waals surface area (Å²) in [7, 11) is 0. The molecule has 3 aromatic rings. The number of ether oxygens (including phenoxy) is 1. The van der Waals surface area contributed by atoms with Gasteiger partial charge in [-0.1, -0.05) is 68.3 Å². The summed E-state index contributed by atoms with van der Waals surface area (Å²) < 4.78 is 5.76. The van der Waals surface area contributed by atoms with Crippen LogP contribution in [0.4, 0.5) is 0 Å². The van der Waals surface area contributed by atoms with Crippen LogP contribution in [0.15, 0.2) is 72.8 Å². The zero-order valence-corrected chi connectivity index (χ0v) is 16.3. The third-order valence-electron chi connectivity index (χ3n) is 4.31. The molecule has 0 aliphatic carbocycles. The summed E-state index contributed by atoms with van der Waals surface area (Å²) in [5.41, 5.74) is 3.47. The minimum absolute atomic E-state index is 0.614. The highest BCUT2D eigenvalue weighted by molar-refractivity contribution is 7.16. The Morgan fingerprint density at radius 3 is 2.19 bits per heavy atom. The summed E-state index contributed by atoms with van der Waals surface area (Å²) >= 11 is 1.52. The molecule has 0 amide bonds. The molecule has 0 radical (unpaired) electrons. The van der Waals surface area contributed by atoms with Crippen molar-refractivity contribution in [2.75, 3.05) is 6.61 Å². The van der Waals surface area contributed by atoms with Gasteiger partial charge in [-0.15, -0.1) is 11.3 Å². The second-order valence-corrected chi connectivity index (χ2v) is 7.39. The lowest BCUT2D eigenvalue weighted by Crippen LogP contribution is -1.93. The van der Waals surface area contributed by atoms with Crippen LogP contribution in [0.3, 0.4) is 0 Å². The number of rotatable bonds is 8. The molecule has 2 nitrogen and oxygen atoms in total. The second-order valence-electron chi connectivity index (χ2n) is 6.30. The molecule has 136 valence electrons. The molecule has 0 saturated heterocycles. The maximum absolute atomic E-state index is 8.96. The van der Waals surface area contributed by atoms with Crippen molar-refractivity contribution < 1.29 is 4.74 Å². The molecule has 1 aromatic heterocycles. The molecule has 0 aliphatic rings. The van der Waals surface area contributed by atoms with Gasteiger partial charge in [0.15, 0.2) is 0 Å². The van der Waals surface area contributed by atoms with E-state index in [0.29, 0.717) is 6.61 Å². The predicted octanol–water partition coefficient (Wildman–Crippen LogP) is 7.08. The Kier molecular flexibility index (Phi) is 6.84. The van der Waals surface area contributed by atoms with Crippen molar-refractivity contribution in [3.05, 3.63) is 77.7 Å². The first kappa shape index (κ1) is 18.9. The summed E-state index contributed by atoms with van der Waals surface area (Å²) in [4.78, 5) is 1.86. The van der Waals surface area contributed by atoms with Gasteiger partial charge in [0.1, 0.15) is 23.3 Å². The van der Waals surface area contributed by atoms with Gasteiger partial charge in [-0.3, -0.25) is 0 Å². The van der Waals surface area contributed by atoms with Gasteiger partial charge in [0, 0.05) is 4.88 Å². The summed E-state index contributed by atoms with van der Waals surface area (Å²) in [6, 6.07) is 22.7. The van der Waals surface area contributed by atoms with Gasteiger partial charge < -0.3 is 4.74 Å². The molecule has 0 spiro atoms. The van der Waals surface area contributed by atoms with Crippen LogP contribution in [0.2, 0.25) is 0 Å². The molecule has 3 heteroatoms. The molecule has 0 saturated carbocycles. The van der Waals surface area contributed by atoms with Crippen molar-refractivity contribution in [3.8, 4) is 33.4 Å². The lowest BCUT2D eigenvalue weighted by atomic mass is 10.0. The van der Waals surface area contributed by atoms with Crippen molar-refractivity contribution >= 4 is 11.3 Å². The van der Waals surface area contributed by atoms with E-state index in [0.717, 1.165) is 33.1 Å². The zero-order chi connectivity index (χ0) is 18.9. The van der Waals surface area contributed by atoms with E-state index in [1.165, 1.54) is 29.7 Å². The number of hydrogen-bond donors (Lipinski definition) is 0. The lowest BCUT2D eigenvalue weighted by Gasteiger charge is -2.06. The molecule has 0 fully saturated rings. The van der Waals surface area contributed by atoms with E-state index < -0.39 is 0 Å².